The first-order chi connectivity index (χ1) is 11.5. The number of nitrogens with zero attached hydrogens (tertiary/aromatic N) is 2. The molecule has 0 radical (unpaired) electrons. The molecule has 2 heterocycles. The summed E-state index contributed by atoms with van der Waals surface area (Å²) in [6.07, 6.45) is 9.66. The number of carboxylic acids is 1. The first-order valence-electron chi connectivity index (χ1n) is 8.66. The van der Waals surface area contributed by atoms with Crippen LogP contribution in [-0.2, 0) is 4.74 Å². The summed E-state index contributed by atoms with van der Waals surface area (Å²) in [7, 11) is 0. The molecule has 3 rings (SSSR count). The van der Waals surface area contributed by atoms with Crippen LogP contribution in [0.5, 0.6) is 0 Å². The van der Waals surface area contributed by atoms with Crippen LogP contribution in [0.1, 0.15) is 55.1 Å². The predicted octanol–water partition coefficient (Wildman–Crippen LogP) is 3.39. The van der Waals surface area contributed by atoms with E-state index < -0.39 is 5.97 Å². The van der Waals surface area contributed by atoms with Gasteiger partial charge in [-0.05, 0) is 51.0 Å². The van der Waals surface area contributed by atoms with E-state index in [-0.39, 0.29) is 5.69 Å². The second-order valence-electron chi connectivity index (χ2n) is 6.88. The third-order valence-corrected chi connectivity index (χ3v) is 5.17. The minimum Gasteiger partial charge on any atom is -0.495 e. The molecule has 0 bridgehead atoms. The molecule has 6 nitrogen and oxygen atoms in total. The van der Waals surface area contributed by atoms with Gasteiger partial charge in [0.15, 0.2) is 5.69 Å². The minimum atomic E-state index is -1.02. The Morgan fingerprint density at radius 2 is 2.21 bits per heavy atom. The van der Waals surface area contributed by atoms with Crippen molar-refractivity contribution in [1.82, 2.24) is 9.97 Å². The van der Waals surface area contributed by atoms with Gasteiger partial charge in [0.1, 0.15) is 18.2 Å². The van der Waals surface area contributed by atoms with Crippen LogP contribution in [0.3, 0.4) is 0 Å². The highest BCUT2D eigenvalue weighted by molar-refractivity contribution is 5.88. The van der Waals surface area contributed by atoms with Crippen molar-refractivity contribution in [3.8, 4) is 0 Å². The Balaban J connectivity index is 1.57. The van der Waals surface area contributed by atoms with Crippen LogP contribution in [0.25, 0.3) is 0 Å². The average molecular weight is 331 g/mol. The second-order valence-corrected chi connectivity index (χ2v) is 6.88. The smallest absolute Gasteiger partial charge is 0.354 e. The van der Waals surface area contributed by atoms with E-state index in [2.05, 4.69) is 21.4 Å². The molecule has 1 aromatic rings. The van der Waals surface area contributed by atoms with Crippen LogP contribution in [0, 0.1) is 18.8 Å². The van der Waals surface area contributed by atoms with Gasteiger partial charge in [0, 0.05) is 18.5 Å². The number of aromatic carboxylic acids is 1. The largest absolute Gasteiger partial charge is 0.495 e. The Kier molecular flexibility index (Phi) is 5.02. The summed E-state index contributed by atoms with van der Waals surface area (Å²) in [5.41, 5.74) is 0.659. The zero-order valence-electron chi connectivity index (χ0n) is 14.3. The highest BCUT2D eigenvalue weighted by atomic mass is 16.5. The first kappa shape index (κ1) is 16.7. The van der Waals surface area contributed by atoms with E-state index in [4.69, 9.17) is 9.84 Å². The highest BCUT2D eigenvalue weighted by Crippen LogP contribution is 2.36. The van der Waals surface area contributed by atoms with Gasteiger partial charge in [0.05, 0.1) is 5.76 Å². The maximum Gasteiger partial charge on any atom is 0.354 e. The van der Waals surface area contributed by atoms with Crippen molar-refractivity contribution < 1.29 is 14.6 Å². The minimum absolute atomic E-state index is 0.0647. The Morgan fingerprint density at radius 3 is 2.92 bits per heavy atom. The number of anilines is 1. The van der Waals surface area contributed by atoms with E-state index in [9.17, 15) is 4.79 Å². The third kappa shape index (κ3) is 3.68. The van der Waals surface area contributed by atoms with E-state index in [1.54, 1.807) is 6.92 Å². The van der Waals surface area contributed by atoms with Gasteiger partial charge in [0.25, 0.3) is 0 Å². The summed E-state index contributed by atoms with van der Waals surface area (Å²) in [4.78, 5) is 19.2. The molecule has 3 atom stereocenters. The van der Waals surface area contributed by atoms with Gasteiger partial charge in [-0.2, -0.15) is 0 Å². The lowest BCUT2D eigenvalue weighted by atomic mass is 9.78. The molecular formula is C18H25N3O3. The number of nitrogens with one attached hydrogen (secondary N) is 1. The van der Waals surface area contributed by atoms with E-state index in [0.717, 1.165) is 25.1 Å². The fraction of sp³-hybridized carbons (Fsp3) is 0.611. The molecule has 24 heavy (non-hydrogen) atoms. The monoisotopic (exact) mass is 331 g/mol. The van der Waals surface area contributed by atoms with E-state index in [1.165, 1.54) is 25.6 Å². The van der Waals surface area contributed by atoms with Gasteiger partial charge in [0.2, 0.25) is 0 Å². The number of aromatic nitrogens is 2. The summed E-state index contributed by atoms with van der Waals surface area (Å²) in [6, 6.07) is 0. The van der Waals surface area contributed by atoms with Crippen LogP contribution in [0.15, 0.2) is 18.2 Å². The number of allylic oxidation sites excluding steroid dienone is 1. The van der Waals surface area contributed by atoms with Gasteiger partial charge < -0.3 is 15.2 Å². The van der Waals surface area contributed by atoms with Crippen molar-refractivity contribution in [2.45, 2.75) is 52.1 Å². The predicted molar refractivity (Wildman–Crippen MR) is 90.9 cm³/mol. The fourth-order valence-electron chi connectivity index (χ4n) is 3.85. The molecule has 1 aromatic heterocycles. The first-order valence-corrected chi connectivity index (χ1v) is 8.66. The highest BCUT2D eigenvalue weighted by Gasteiger charge is 2.31. The summed E-state index contributed by atoms with van der Waals surface area (Å²) >= 11 is 0. The molecule has 0 saturated heterocycles. The van der Waals surface area contributed by atoms with Gasteiger partial charge in [-0.15, -0.1) is 0 Å². The molecule has 130 valence electrons. The number of carbonyl (C=O) groups is 1. The zero-order valence-corrected chi connectivity index (χ0v) is 14.3. The van der Waals surface area contributed by atoms with Crippen LogP contribution in [0.4, 0.5) is 5.82 Å². The number of carboxylic acid groups (broad SMARTS) is 1. The van der Waals surface area contributed by atoms with Crippen LogP contribution in [-0.4, -0.2) is 33.7 Å². The second kappa shape index (κ2) is 7.20. The van der Waals surface area contributed by atoms with Gasteiger partial charge in [-0.1, -0.05) is 6.42 Å². The Bertz CT molecular complexity index is 644. The summed E-state index contributed by atoms with van der Waals surface area (Å²) in [5, 5.41) is 12.5. The number of rotatable bonds is 5. The normalized spacial score (nSPS) is 26.6. The maximum absolute atomic E-state index is 11.2. The van der Waals surface area contributed by atoms with Crippen molar-refractivity contribution in [3.63, 3.8) is 0 Å². The Labute approximate surface area is 142 Å². The summed E-state index contributed by atoms with van der Waals surface area (Å²) < 4.78 is 5.93. The van der Waals surface area contributed by atoms with E-state index in [0.29, 0.717) is 29.3 Å². The van der Waals surface area contributed by atoms with Gasteiger partial charge >= 0.3 is 5.97 Å². The molecule has 0 aromatic carbocycles. The number of ether oxygens (including phenoxy) is 1. The number of hydrogen-bond acceptors (Lipinski definition) is 5. The number of hydrogen-bond donors (Lipinski definition) is 2. The van der Waals surface area contributed by atoms with Crippen molar-refractivity contribution in [2.75, 3.05) is 11.9 Å². The quantitative estimate of drug-likeness (QED) is 0.860. The van der Waals surface area contributed by atoms with E-state index in [1.807, 2.05) is 6.92 Å². The van der Waals surface area contributed by atoms with Crippen molar-refractivity contribution in [2.24, 2.45) is 11.8 Å². The van der Waals surface area contributed by atoms with Crippen LogP contribution < -0.4 is 5.32 Å². The molecule has 0 spiro atoms. The molecule has 2 aliphatic rings. The van der Waals surface area contributed by atoms with Crippen LogP contribution in [0.2, 0.25) is 0 Å². The standard InChI is InChI=1S/C18H25N3O3/c1-11-6-7-15(24-11)14-5-3-4-13(8-14)9-19-17-12(2)16(18(22)23)20-10-21-17/h6,10,13-15H,3-5,7-9H2,1-2H3,(H,22,23)(H,19,20,21)/t13-,14+,15?/m1/s1. The lowest BCUT2D eigenvalue weighted by molar-refractivity contribution is 0.0582. The van der Waals surface area contributed by atoms with Crippen molar-refractivity contribution in [1.29, 1.82) is 0 Å². The molecule has 0 amide bonds. The molecule has 2 N–H and O–H groups in total. The van der Waals surface area contributed by atoms with Gasteiger partial charge in [-0.3, -0.25) is 0 Å². The average Bonchev–Trinajstić information content (AvgIpc) is 3.00. The lowest BCUT2D eigenvalue weighted by Gasteiger charge is -2.33. The molecule has 1 saturated carbocycles. The molecule has 6 heteroatoms. The van der Waals surface area contributed by atoms with Gasteiger partial charge in [-0.25, -0.2) is 14.8 Å². The molecule has 1 unspecified atom stereocenters. The van der Waals surface area contributed by atoms with Crippen molar-refractivity contribution >= 4 is 11.8 Å². The van der Waals surface area contributed by atoms with Crippen molar-refractivity contribution in [3.05, 3.63) is 29.4 Å². The van der Waals surface area contributed by atoms with Crippen LogP contribution >= 0.6 is 0 Å². The molecule has 1 aliphatic carbocycles. The Morgan fingerprint density at radius 1 is 1.38 bits per heavy atom. The molecule has 1 fully saturated rings. The fourth-order valence-corrected chi connectivity index (χ4v) is 3.85. The maximum atomic E-state index is 11.2. The topological polar surface area (TPSA) is 84.3 Å². The SMILES string of the molecule is CC1=CCC([C@H]2CCC[C@@H](CNc3ncnc(C(=O)O)c3C)C2)O1. The lowest BCUT2D eigenvalue weighted by Crippen LogP contribution is -2.29. The molecular weight excluding hydrogens is 306 g/mol. The third-order valence-electron chi connectivity index (χ3n) is 5.17. The molecule has 1 aliphatic heterocycles. The summed E-state index contributed by atoms with van der Waals surface area (Å²) in [6.45, 7) is 4.59. The van der Waals surface area contributed by atoms with E-state index >= 15 is 0 Å². The summed E-state index contributed by atoms with van der Waals surface area (Å²) in [5.74, 6) is 1.84. The zero-order chi connectivity index (χ0) is 17.1. The Hall–Kier alpha value is -2.11.